The van der Waals surface area contributed by atoms with Crippen LogP contribution in [0.2, 0.25) is 0 Å². The fourth-order valence-corrected chi connectivity index (χ4v) is 1.60. The van der Waals surface area contributed by atoms with Gasteiger partial charge in [0.1, 0.15) is 0 Å². The van der Waals surface area contributed by atoms with Crippen LogP contribution >= 0.6 is 0 Å². The van der Waals surface area contributed by atoms with Crippen LogP contribution in [-0.4, -0.2) is 33.0 Å². The van der Waals surface area contributed by atoms with Gasteiger partial charge in [0.25, 0.3) is 5.91 Å². The minimum atomic E-state index is -0.412. The lowest BCUT2D eigenvalue weighted by Crippen LogP contribution is -2.34. The summed E-state index contributed by atoms with van der Waals surface area (Å²) < 4.78 is 10.00. The van der Waals surface area contributed by atoms with Crippen molar-refractivity contribution in [2.45, 2.75) is 20.1 Å². The van der Waals surface area contributed by atoms with Gasteiger partial charge in [-0.25, -0.2) is 0 Å². The van der Waals surface area contributed by atoms with Crippen LogP contribution in [0.15, 0.2) is 18.2 Å². The molecular weight excluding hydrogens is 218 g/mol. The average molecular weight is 237 g/mol. The van der Waals surface area contributed by atoms with Crippen LogP contribution < -0.4 is 5.32 Å². The van der Waals surface area contributed by atoms with E-state index in [1.54, 1.807) is 0 Å². The second kappa shape index (κ2) is 6.37. The van der Waals surface area contributed by atoms with Crippen LogP contribution in [0.5, 0.6) is 0 Å². The first-order valence-corrected chi connectivity index (χ1v) is 5.49. The van der Waals surface area contributed by atoms with Gasteiger partial charge < -0.3 is 14.8 Å². The van der Waals surface area contributed by atoms with Crippen molar-refractivity contribution in [2.24, 2.45) is 0 Å². The molecule has 0 saturated heterocycles. The number of methoxy groups -OCH3 is 2. The number of hydrogen-bond donors (Lipinski definition) is 1. The summed E-state index contributed by atoms with van der Waals surface area (Å²) >= 11 is 0. The summed E-state index contributed by atoms with van der Waals surface area (Å²) in [6, 6.07) is 5.74. The first kappa shape index (κ1) is 13.7. The van der Waals surface area contributed by atoms with Crippen molar-refractivity contribution in [3.05, 3.63) is 34.9 Å². The van der Waals surface area contributed by atoms with E-state index in [-0.39, 0.29) is 5.91 Å². The molecule has 1 amide bonds. The van der Waals surface area contributed by atoms with Gasteiger partial charge in [0.15, 0.2) is 6.29 Å². The lowest BCUT2D eigenvalue weighted by molar-refractivity contribution is -0.0974. The number of carbonyl (C=O) groups excluding carboxylic acids is 1. The Balaban J connectivity index is 2.64. The SMILES string of the molecule is COC(CNC(=O)c1ccc(C)cc1C)OC. The molecule has 0 radical (unpaired) electrons. The number of nitrogens with one attached hydrogen (secondary N) is 1. The molecular formula is C13H19NO3. The predicted molar refractivity (Wildman–Crippen MR) is 66.1 cm³/mol. The highest BCUT2D eigenvalue weighted by molar-refractivity contribution is 5.95. The second-order valence-corrected chi connectivity index (χ2v) is 3.93. The molecule has 0 unspecified atom stereocenters. The average Bonchev–Trinajstić information content (AvgIpc) is 2.30. The zero-order chi connectivity index (χ0) is 12.8. The van der Waals surface area contributed by atoms with Gasteiger partial charge in [-0.05, 0) is 25.5 Å². The van der Waals surface area contributed by atoms with Crippen molar-refractivity contribution in [1.82, 2.24) is 5.32 Å². The molecule has 0 saturated carbocycles. The minimum Gasteiger partial charge on any atom is -0.354 e. The summed E-state index contributed by atoms with van der Waals surface area (Å²) in [5.41, 5.74) is 2.79. The Kier molecular flexibility index (Phi) is 5.12. The smallest absolute Gasteiger partial charge is 0.251 e. The van der Waals surface area contributed by atoms with Gasteiger partial charge in [-0.2, -0.15) is 0 Å². The van der Waals surface area contributed by atoms with Crippen molar-refractivity contribution in [1.29, 1.82) is 0 Å². The zero-order valence-electron chi connectivity index (χ0n) is 10.7. The summed E-state index contributed by atoms with van der Waals surface area (Å²) in [4.78, 5) is 11.9. The van der Waals surface area contributed by atoms with Crippen LogP contribution in [0, 0.1) is 13.8 Å². The molecule has 1 aromatic rings. The number of ether oxygens (including phenoxy) is 2. The summed E-state index contributed by atoms with van der Waals surface area (Å²) in [6.07, 6.45) is -0.412. The van der Waals surface area contributed by atoms with Crippen molar-refractivity contribution < 1.29 is 14.3 Å². The number of rotatable bonds is 5. The third-order valence-corrected chi connectivity index (χ3v) is 2.58. The molecule has 0 aromatic heterocycles. The number of carbonyl (C=O) groups is 1. The molecule has 0 aliphatic heterocycles. The van der Waals surface area contributed by atoms with E-state index in [2.05, 4.69) is 5.32 Å². The highest BCUT2D eigenvalue weighted by Crippen LogP contribution is 2.10. The van der Waals surface area contributed by atoms with Crippen molar-refractivity contribution in [2.75, 3.05) is 20.8 Å². The molecule has 0 heterocycles. The summed E-state index contributed by atoms with van der Waals surface area (Å²) in [6.45, 7) is 4.26. The Hall–Kier alpha value is -1.39. The Morgan fingerprint density at radius 1 is 1.29 bits per heavy atom. The van der Waals surface area contributed by atoms with Gasteiger partial charge in [0.05, 0.1) is 6.54 Å². The van der Waals surface area contributed by atoms with Gasteiger partial charge in [-0.15, -0.1) is 0 Å². The third kappa shape index (κ3) is 3.84. The van der Waals surface area contributed by atoms with Crippen LogP contribution in [0.1, 0.15) is 21.5 Å². The summed E-state index contributed by atoms with van der Waals surface area (Å²) in [5, 5.41) is 2.77. The summed E-state index contributed by atoms with van der Waals surface area (Å²) in [7, 11) is 3.08. The standard InChI is InChI=1S/C13H19NO3/c1-9-5-6-11(10(2)7-9)13(15)14-8-12(16-3)17-4/h5-7,12H,8H2,1-4H3,(H,14,15). The van der Waals surface area contributed by atoms with E-state index in [4.69, 9.17) is 9.47 Å². The fourth-order valence-electron chi connectivity index (χ4n) is 1.60. The lowest BCUT2D eigenvalue weighted by Gasteiger charge is -2.14. The number of benzene rings is 1. The molecule has 1 aromatic carbocycles. The van der Waals surface area contributed by atoms with E-state index in [0.717, 1.165) is 11.1 Å². The molecule has 94 valence electrons. The van der Waals surface area contributed by atoms with E-state index in [1.807, 2.05) is 32.0 Å². The van der Waals surface area contributed by atoms with Gasteiger partial charge in [-0.1, -0.05) is 17.7 Å². The van der Waals surface area contributed by atoms with Crippen LogP contribution in [-0.2, 0) is 9.47 Å². The van der Waals surface area contributed by atoms with E-state index in [1.165, 1.54) is 14.2 Å². The maximum Gasteiger partial charge on any atom is 0.251 e. The molecule has 1 N–H and O–H groups in total. The quantitative estimate of drug-likeness (QED) is 0.792. The van der Waals surface area contributed by atoms with Crippen LogP contribution in [0.25, 0.3) is 0 Å². The molecule has 4 nitrogen and oxygen atoms in total. The van der Waals surface area contributed by atoms with Crippen molar-refractivity contribution >= 4 is 5.91 Å². The Morgan fingerprint density at radius 2 is 1.94 bits per heavy atom. The molecule has 0 spiro atoms. The Labute approximate surface area is 102 Å². The Bertz CT molecular complexity index is 386. The van der Waals surface area contributed by atoms with E-state index < -0.39 is 6.29 Å². The van der Waals surface area contributed by atoms with Gasteiger partial charge in [0, 0.05) is 19.8 Å². The largest absolute Gasteiger partial charge is 0.354 e. The number of amides is 1. The summed E-state index contributed by atoms with van der Waals surface area (Å²) in [5.74, 6) is -0.110. The number of hydrogen-bond acceptors (Lipinski definition) is 3. The Morgan fingerprint density at radius 3 is 2.47 bits per heavy atom. The molecule has 0 aliphatic carbocycles. The van der Waals surface area contributed by atoms with E-state index in [9.17, 15) is 4.79 Å². The van der Waals surface area contributed by atoms with Crippen LogP contribution in [0.4, 0.5) is 0 Å². The lowest BCUT2D eigenvalue weighted by atomic mass is 10.1. The monoisotopic (exact) mass is 237 g/mol. The van der Waals surface area contributed by atoms with E-state index >= 15 is 0 Å². The molecule has 1 rings (SSSR count). The highest BCUT2D eigenvalue weighted by Gasteiger charge is 2.11. The molecule has 0 bridgehead atoms. The van der Waals surface area contributed by atoms with Gasteiger partial charge in [-0.3, -0.25) is 4.79 Å². The topological polar surface area (TPSA) is 47.6 Å². The first-order valence-electron chi connectivity index (χ1n) is 5.49. The molecule has 0 fully saturated rings. The third-order valence-electron chi connectivity index (χ3n) is 2.58. The first-order chi connectivity index (χ1) is 8.08. The minimum absolute atomic E-state index is 0.110. The zero-order valence-corrected chi connectivity index (χ0v) is 10.7. The predicted octanol–water partition coefficient (Wildman–Crippen LogP) is 1.65. The second-order valence-electron chi connectivity index (χ2n) is 3.93. The highest BCUT2D eigenvalue weighted by atomic mass is 16.7. The molecule has 17 heavy (non-hydrogen) atoms. The maximum atomic E-state index is 11.9. The van der Waals surface area contributed by atoms with E-state index in [0.29, 0.717) is 12.1 Å². The molecule has 0 atom stereocenters. The number of aryl methyl sites for hydroxylation is 2. The van der Waals surface area contributed by atoms with Gasteiger partial charge >= 0.3 is 0 Å². The van der Waals surface area contributed by atoms with Crippen LogP contribution in [0.3, 0.4) is 0 Å². The maximum absolute atomic E-state index is 11.9. The van der Waals surface area contributed by atoms with Crippen molar-refractivity contribution in [3.8, 4) is 0 Å². The molecule has 4 heteroatoms. The normalized spacial score (nSPS) is 10.6. The van der Waals surface area contributed by atoms with Crippen molar-refractivity contribution in [3.63, 3.8) is 0 Å². The van der Waals surface area contributed by atoms with Gasteiger partial charge in [0.2, 0.25) is 0 Å². The fraction of sp³-hybridized carbons (Fsp3) is 0.462. The molecule has 0 aliphatic rings.